The van der Waals surface area contributed by atoms with Crippen LogP contribution in [0.1, 0.15) is 47.5 Å². The first kappa shape index (κ1) is 18.4. The fourth-order valence-corrected chi connectivity index (χ4v) is 2.10. The molecule has 4 heteroatoms. The van der Waals surface area contributed by atoms with Crippen LogP contribution in [0.2, 0.25) is 0 Å². The number of nitrogens with one attached hydrogen (secondary N) is 2. The van der Waals surface area contributed by atoms with Crippen LogP contribution in [0.15, 0.2) is 0 Å². The van der Waals surface area contributed by atoms with Crippen molar-refractivity contribution in [2.45, 2.75) is 65.6 Å². The Labute approximate surface area is 119 Å². The van der Waals surface area contributed by atoms with Crippen molar-refractivity contribution in [1.29, 1.82) is 0 Å². The molecule has 3 atom stereocenters. The van der Waals surface area contributed by atoms with E-state index in [-0.39, 0.29) is 18.0 Å². The van der Waals surface area contributed by atoms with E-state index in [1.165, 1.54) is 0 Å². The fraction of sp³-hybridized carbons (Fsp3) is 0.933. The molecule has 0 aliphatic carbocycles. The Morgan fingerprint density at radius 2 is 1.74 bits per heavy atom. The van der Waals surface area contributed by atoms with E-state index in [1.54, 1.807) is 0 Å². The highest BCUT2D eigenvalue weighted by molar-refractivity contribution is 5.81. The van der Waals surface area contributed by atoms with Crippen molar-refractivity contribution in [3.63, 3.8) is 0 Å². The zero-order valence-corrected chi connectivity index (χ0v) is 13.8. The Morgan fingerprint density at radius 3 is 2.16 bits per heavy atom. The normalized spacial score (nSPS) is 16.5. The predicted molar refractivity (Wildman–Crippen MR) is 82.3 cm³/mol. The second-order valence-corrected chi connectivity index (χ2v) is 6.29. The molecule has 0 aromatic heterocycles. The summed E-state index contributed by atoms with van der Waals surface area (Å²) in [6.07, 6.45) is 2.05. The molecule has 0 radical (unpaired) electrons. The number of rotatable bonds is 9. The zero-order valence-electron chi connectivity index (χ0n) is 13.8. The quantitative estimate of drug-likeness (QED) is 0.673. The van der Waals surface area contributed by atoms with Crippen LogP contribution in [-0.2, 0) is 4.79 Å². The molecule has 114 valence electrons. The second-order valence-electron chi connectivity index (χ2n) is 6.29. The topological polar surface area (TPSA) is 44.4 Å². The monoisotopic (exact) mass is 271 g/mol. The van der Waals surface area contributed by atoms with Gasteiger partial charge < -0.3 is 15.5 Å². The van der Waals surface area contributed by atoms with Gasteiger partial charge in [0.05, 0.1) is 6.04 Å². The third-order valence-electron chi connectivity index (χ3n) is 3.22. The number of likely N-dealkylation sites (N-methyl/N-ethyl adjacent to an activating group) is 1. The number of nitrogens with zero attached hydrogens (tertiary/aromatic N) is 1. The summed E-state index contributed by atoms with van der Waals surface area (Å²) in [5.74, 6) is 0.726. The highest BCUT2D eigenvalue weighted by Crippen LogP contribution is 2.06. The second kappa shape index (κ2) is 9.32. The molecule has 0 aromatic carbocycles. The Kier molecular flexibility index (Phi) is 9.02. The van der Waals surface area contributed by atoms with Crippen LogP contribution in [0, 0.1) is 5.92 Å². The van der Waals surface area contributed by atoms with Crippen LogP contribution in [0.3, 0.4) is 0 Å². The molecule has 0 saturated carbocycles. The Balaban J connectivity index is 4.35. The molecule has 0 fully saturated rings. The van der Waals surface area contributed by atoms with Gasteiger partial charge in [-0.25, -0.2) is 0 Å². The molecule has 0 aliphatic rings. The van der Waals surface area contributed by atoms with Crippen molar-refractivity contribution in [3.05, 3.63) is 0 Å². The first-order valence-corrected chi connectivity index (χ1v) is 7.47. The summed E-state index contributed by atoms with van der Waals surface area (Å²) in [6.45, 7) is 11.5. The molecular formula is C15H33N3O. The molecule has 0 heterocycles. The van der Waals surface area contributed by atoms with E-state index < -0.39 is 0 Å². The molecule has 0 bridgehead atoms. The maximum absolute atomic E-state index is 12.0. The number of hydrogen-bond acceptors (Lipinski definition) is 3. The summed E-state index contributed by atoms with van der Waals surface area (Å²) >= 11 is 0. The number of hydrogen-bond donors (Lipinski definition) is 2. The van der Waals surface area contributed by atoms with Gasteiger partial charge in [0.1, 0.15) is 0 Å². The molecule has 0 rings (SSSR count). The van der Waals surface area contributed by atoms with Crippen molar-refractivity contribution in [2.75, 3.05) is 20.6 Å². The lowest BCUT2D eigenvalue weighted by atomic mass is 10.0. The minimum atomic E-state index is -0.141. The van der Waals surface area contributed by atoms with E-state index in [4.69, 9.17) is 0 Å². The third kappa shape index (κ3) is 9.00. The van der Waals surface area contributed by atoms with E-state index >= 15 is 0 Å². The fourth-order valence-electron chi connectivity index (χ4n) is 2.10. The van der Waals surface area contributed by atoms with Crippen LogP contribution in [0.4, 0.5) is 0 Å². The lowest BCUT2D eigenvalue weighted by molar-refractivity contribution is -0.123. The van der Waals surface area contributed by atoms with Crippen LogP contribution < -0.4 is 10.6 Å². The number of carbonyl (C=O) groups is 1. The van der Waals surface area contributed by atoms with E-state index in [1.807, 2.05) is 13.8 Å². The first-order chi connectivity index (χ1) is 8.76. The molecule has 2 N–H and O–H groups in total. The smallest absolute Gasteiger partial charge is 0.237 e. The summed E-state index contributed by atoms with van der Waals surface area (Å²) in [5, 5.41) is 6.48. The average Bonchev–Trinajstić information content (AvgIpc) is 2.26. The molecule has 0 saturated heterocycles. The van der Waals surface area contributed by atoms with Gasteiger partial charge >= 0.3 is 0 Å². The van der Waals surface area contributed by atoms with E-state index in [9.17, 15) is 4.79 Å². The molecule has 19 heavy (non-hydrogen) atoms. The number of carbonyl (C=O) groups excluding carboxylic acids is 1. The summed E-state index contributed by atoms with van der Waals surface area (Å²) < 4.78 is 0. The van der Waals surface area contributed by atoms with Crippen LogP contribution >= 0.6 is 0 Å². The third-order valence-corrected chi connectivity index (χ3v) is 3.22. The van der Waals surface area contributed by atoms with Crippen LogP contribution in [-0.4, -0.2) is 49.6 Å². The summed E-state index contributed by atoms with van der Waals surface area (Å²) in [4.78, 5) is 14.2. The molecule has 4 nitrogen and oxygen atoms in total. The van der Waals surface area contributed by atoms with Crippen molar-refractivity contribution < 1.29 is 4.79 Å². The van der Waals surface area contributed by atoms with Gasteiger partial charge in [0, 0.05) is 18.6 Å². The first-order valence-electron chi connectivity index (χ1n) is 7.47. The van der Waals surface area contributed by atoms with Crippen LogP contribution in [0.5, 0.6) is 0 Å². The standard InChI is InChI=1S/C15H33N3O/c1-8-12(4)16-15(19)13(5)17-14(9-11(2)3)10-18(6)7/h11-14,17H,8-10H2,1-7H3,(H,16,19). The number of amides is 1. The van der Waals surface area contributed by atoms with E-state index in [0.29, 0.717) is 12.0 Å². The van der Waals surface area contributed by atoms with Gasteiger partial charge in [-0.3, -0.25) is 4.79 Å². The largest absolute Gasteiger partial charge is 0.352 e. The van der Waals surface area contributed by atoms with Crippen molar-refractivity contribution >= 4 is 5.91 Å². The molecule has 1 amide bonds. The summed E-state index contributed by atoms with van der Waals surface area (Å²) in [7, 11) is 4.14. The van der Waals surface area contributed by atoms with Crippen molar-refractivity contribution in [3.8, 4) is 0 Å². The summed E-state index contributed by atoms with van der Waals surface area (Å²) in [5.41, 5.74) is 0. The molecule has 0 aromatic rings. The Morgan fingerprint density at radius 1 is 1.16 bits per heavy atom. The highest BCUT2D eigenvalue weighted by atomic mass is 16.2. The minimum absolute atomic E-state index is 0.0989. The minimum Gasteiger partial charge on any atom is -0.352 e. The van der Waals surface area contributed by atoms with E-state index in [0.717, 1.165) is 19.4 Å². The predicted octanol–water partition coefficient (Wildman–Crippen LogP) is 1.86. The molecule has 0 spiro atoms. The lowest BCUT2D eigenvalue weighted by Gasteiger charge is -2.27. The molecule has 0 aliphatic heterocycles. The molecular weight excluding hydrogens is 238 g/mol. The van der Waals surface area contributed by atoms with Crippen molar-refractivity contribution in [2.24, 2.45) is 5.92 Å². The summed E-state index contributed by atoms with van der Waals surface area (Å²) in [6, 6.07) is 0.458. The maximum atomic E-state index is 12.0. The average molecular weight is 271 g/mol. The van der Waals surface area contributed by atoms with Gasteiger partial charge in [-0.2, -0.15) is 0 Å². The van der Waals surface area contributed by atoms with Gasteiger partial charge in [0.2, 0.25) is 5.91 Å². The van der Waals surface area contributed by atoms with E-state index in [2.05, 4.69) is 50.4 Å². The van der Waals surface area contributed by atoms with Gasteiger partial charge in [0.25, 0.3) is 0 Å². The lowest BCUT2D eigenvalue weighted by Crippen LogP contribution is -2.51. The highest BCUT2D eigenvalue weighted by Gasteiger charge is 2.20. The molecule has 3 unspecified atom stereocenters. The van der Waals surface area contributed by atoms with Gasteiger partial charge in [0.15, 0.2) is 0 Å². The van der Waals surface area contributed by atoms with Gasteiger partial charge in [-0.15, -0.1) is 0 Å². The van der Waals surface area contributed by atoms with Crippen molar-refractivity contribution in [1.82, 2.24) is 15.5 Å². The Bertz CT molecular complexity index is 244. The van der Waals surface area contributed by atoms with Gasteiger partial charge in [-0.1, -0.05) is 20.8 Å². The SMILES string of the molecule is CCC(C)NC(=O)C(C)NC(CC(C)C)CN(C)C. The maximum Gasteiger partial charge on any atom is 0.237 e. The van der Waals surface area contributed by atoms with Gasteiger partial charge in [-0.05, 0) is 46.7 Å². The zero-order chi connectivity index (χ0) is 15.0. The van der Waals surface area contributed by atoms with Crippen LogP contribution in [0.25, 0.3) is 0 Å². The Hall–Kier alpha value is -0.610.